The molecule has 0 spiro atoms. The maximum atomic E-state index is 5.96. The standard InChI is InChI=1S/C3H3.2CH3.Y/c1-3-2;;;/h1H3;2*1H3;/q3*-1;+3. The molecule has 0 aliphatic heterocycles. The van der Waals surface area contributed by atoms with E-state index in [-0.39, 0.29) is 47.6 Å². The van der Waals surface area contributed by atoms with Crippen LogP contribution in [0.4, 0.5) is 0 Å². The molecule has 0 unspecified atom stereocenters. The summed E-state index contributed by atoms with van der Waals surface area (Å²) in [4.78, 5) is 0. The Labute approximate surface area is 66.6 Å². The Bertz CT molecular complexity index is 25.4. The fourth-order valence-electron chi connectivity index (χ4n) is 0. The van der Waals surface area contributed by atoms with Gasteiger partial charge in [0.2, 0.25) is 0 Å². The Kier molecular flexibility index (Phi) is 223. The van der Waals surface area contributed by atoms with Crippen LogP contribution in [-0.4, -0.2) is 0 Å². The largest absolute Gasteiger partial charge is 3.00 e. The summed E-state index contributed by atoms with van der Waals surface area (Å²) in [6.45, 7) is 1.54. The Morgan fingerprint density at radius 3 is 1.33 bits per heavy atom. The van der Waals surface area contributed by atoms with Crippen molar-refractivity contribution in [2.24, 2.45) is 0 Å². The topological polar surface area (TPSA) is 0 Å². The smallest absolute Gasteiger partial charge is 0.694 e. The summed E-state index contributed by atoms with van der Waals surface area (Å²) in [5, 5.41) is 0. The van der Waals surface area contributed by atoms with E-state index >= 15 is 0 Å². The fourth-order valence-corrected chi connectivity index (χ4v) is 0. The first-order valence-electron chi connectivity index (χ1n) is 0.750. The Hall–Kier alpha value is 0.664. The van der Waals surface area contributed by atoms with Crippen molar-refractivity contribution in [3.8, 4) is 5.92 Å². The molecule has 6 heavy (non-hydrogen) atoms. The molecule has 0 radical (unpaired) electrons. The van der Waals surface area contributed by atoms with Crippen LogP contribution in [0, 0.1) is 27.2 Å². The van der Waals surface area contributed by atoms with Gasteiger partial charge in [-0.2, -0.15) is 0 Å². The van der Waals surface area contributed by atoms with Gasteiger partial charge in [-0.1, -0.05) is 0 Å². The van der Waals surface area contributed by atoms with Crippen molar-refractivity contribution < 1.29 is 32.7 Å². The van der Waals surface area contributed by atoms with Gasteiger partial charge in [-0.3, -0.25) is 0 Å². The minimum atomic E-state index is 0. The first kappa shape index (κ1) is 30.1. The van der Waals surface area contributed by atoms with Gasteiger partial charge in [0, 0.05) is 0 Å². The quantitative estimate of drug-likeness (QED) is 0.370. The minimum absolute atomic E-state index is 0. The van der Waals surface area contributed by atoms with Gasteiger partial charge in [-0.25, -0.2) is 0 Å². The molecule has 1 heteroatoms. The second kappa shape index (κ2) is 44.5. The van der Waals surface area contributed by atoms with Crippen molar-refractivity contribution in [3.05, 3.63) is 21.3 Å². The summed E-state index contributed by atoms with van der Waals surface area (Å²) in [6.07, 6.45) is 5.96. The molecule has 0 fully saturated rings. The molecule has 0 atom stereocenters. The zero-order chi connectivity index (χ0) is 2.71. The van der Waals surface area contributed by atoms with Gasteiger partial charge in [-0.05, 0) is 6.92 Å². The molecule has 0 nitrogen and oxygen atoms in total. The molecule has 0 saturated heterocycles. The van der Waals surface area contributed by atoms with E-state index in [2.05, 4.69) is 0 Å². The summed E-state index contributed by atoms with van der Waals surface area (Å²) >= 11 is 0. The van der Waals surface area contributed by atoms with Crippen LogP contribution in [-0.2, 0) is 32.7 Å². The molecule has 0 aromatic heterocycles. The number of hydrogen-bond acceptors (Lipinski definition) is 0. The van der Waals surface area contributed by atoms with E-state index in [0.717, 1.165) is 0 Å². The molecule has 0 aliphatic carbocycles. The minimum Gasteiger partial charge on any atom is -0.694 e. The molecule has 0 aromatic rings. The second-order valence-corrected chi connectivity index (χ2v) is 0.250. The van der Waals surface area contributed by atoms with Crippen molar-refractivity contribution in [3.63, 3.8) is 0 Å². The van der Waals surface area contributed by atoms with E-state index in [1.54, 1.807) is 6.92 Å². The summed E-state index contributed by atoms with van der Waals surface area (Å²) < 4.78 is 0. The molecule has 0 N–H and O–H groups in total. The number of rotatable bonds is 0. The summed E-state index contributed by atoms with van der Waals surface area (Å²) in [5.41, 5.74) is 0. The van der Waals surface area contributed by atoms with Gasteiger partial charge in [0.25, 0.3) is 0 Å². The third-order valence-electron chi connectivity index (χ3n) is 0. The molecule has 32 valence electrons. The second-order valence-electron chi connectivity index (χ2n) is 0.250. The first-order chi connectivity index (χ1) is 1.41. The van der Waals surface area contributed by atoms with E-state index in [1.165, 1.54) is 0 Å². The van der Waals surface area contributed by atoms with E-state index in [1.807, 2.05) is 5.92 Å². The Morgan fingerprint density at radius 2 is 1.33 bits per heavy atom. The van der Waals surface area contributed by atoms with Crippen molar-refractivity contribution in [1.82, 2.24) is 0 Å². The van der Waals surface area contributed by atoms with Gasteiger partial charge in [0.05, 0.1) is 0 Å². The average molecular weight is 158 g/mol. The van der Waals surface area contributed by atoms with Crippen LogP contribution < -0.4 is 0 Å². The third-order valence-corrected chi connectivity index (χ3v) is 0. The normalized spacial score (nSPS) is 1.33. The third kappa shape index (κ3) is 142. The molecule has 0 saturated carbocycles. The SMILES string of the molecule is [C-]#CC.[CH3-].[CH3-].[Y+3]. The van der Waals surface area contributed by atoms with Crippen LogP contribution in [0.5, 0.6) is 0 Å². The molecule has 0 heterocycles. The molecular weight excluding hydrogens is 149 g/mol. The van der Waals surface area contributed by atoms with Crippen molar-refractivity contribution in [1.29, 1.82) is 0 Å². The van der Waals surface area contributed by atoms with E-state index in [4.69, 9.17) is 6.42 Å². The van der Waals surface area contributed by atoms with Gasteiger partial charge in [-0.15, -0.1) is 0 Å². The fraction of sp³-hybridized carbons (Fsp3) is 0.200. The van der Waals surface area contributed by atoms with E-state index in [0.29, 0.717) is 0 Å². The van der Waals surface area contributed by atoms with Crippen LogP contribution in [0.1, 0.15) is 6.92 Å². The predicted octanol–water partition coefficient (Wildman–Crippen LogP) is 1.49. The Morgan fingerprint density at radius 1 is 1.33 bits per heavy atom. The molecule has 0 bridgehead atoms. The van der Waals surface area contributed by atoms with E-state index < -0.39 is 0 Å². The monoisotopic (exact) mass is 158 g/mol. The molecule has 0 amide bonds. The van der Waals surface area contributed by atoms with Crippen molar-refractivity contribution in [2.45, 2.75) is 6.92 Å². The zero-order valence-electron chi connectivity index (χ0n) is 4.58. The van der Waals surface area contributed by atoms with Crippen LogP contribution in [0.2, 0.25) is 0 Å². The van der Waals surface area contributed by atoms with Gasteiger partial charge in [0.15, 0.2) is 0 Å². The predicted molar refractivity (Wildman–Crippen MR) is 25.6 cm³/mol. The Balaban J connectivity index is -0.00000000667. The number of hydrogen-bond donors (Lipinski definition) is 0. The maximum Gasteiger partial charge on any atom is 3.00 e. The average Bonchev–Trinajstić information content (AvgIpc) is 0.918. The summed E-state index contributed by atoms with van der Waals surface area (Å²) in [5.74, 6) is 2.00. The van der Waals surface area contributed by atoms with Crippen molar-refractivity contribution in [2.75, 3.05) is 0 Å². The van der Waals surface area contributed by atoms with Gasteiger partial charge < -0.3 is 27.2 Å². The molecule has 0 aromatic carbocycles. The van der Waals surface area contributed by atoms with Crippen molar-refractivity contribution >= 4 is 0 Å². The van der Waals surface area contributed by atoms with Crippen LogP contribution in [0.25, 0.3) is 0 Å². The van der Waals surface area contributed by atoms with Crippen LogP contribution >= 0.6 is 0 Å². The summed E-state index contributed by atoms with van der Waals surface area (Å²) in [6, 6.07) is 0. The van der Waals surface area contributed by atoms with Crippen LogP contribution in [0.15, 0.2) is 0 Å². The van der Waals surface area contributed by atoms with Crippen LogP contribution in [0.3, 0.4) is 0 Å². The van der Waals surface area contributed by atoms with E-state index in [9.17, 15) is 0 Å². The molecule has 0 rings (SSSR count). The maximum absolute atomic E-state index is 5.96. The van der Waals surface area contributed by atoms with Gasteiger partial charge in [0.1, 0.15) is 0 Å². The summed E-state index contributed by atoms with van der Waals surface area (Å²) in [7, 11) is 0. The van der Waals surface area contributed by atoms with Gasteiger partial charge >= 0.3 is 32.7 Å². The first-order valence-corrected chi connectivity index (χ1v) is 0.750. The molecular formula is C5H9Y. The molecule has 0 aliphatic rings. The zero-order valence-corrected chi connectivity index (χ0v) is 7.42.